The average Bonchev–Trinajstić information content (AvgIpc) is 2.27. The van der Waals surface area contributed by atoms with Crippen LogP contribution < -0.4 is 11.1 Å². The van der Waals surface area contributed by atoms with Crippen LogP contribution in [0.3, 0.4) is 0 Å². The lowest BCUT2D eigenvalue weighted by Crippen LogP contribution is -2.45. The minimum atomic E-state index is -0.402. The SMILES string of the molecule is NCC1(CNCc2cc(F)ccc2F)CCC1. The van der Waals surface area contributed by atoms with Gasteiger partial charge in [-0.25, -0.2) is 8.78 Å². The van der Waals surface area contributed by atoms with Crippen molar-refractivity contribution in [2.45, 2.75) is 25.8 Å². The van der Waals surface area contributed by atoms with E-state index >= 15 is 0 Å². The fraction of sp³-hybridized carbons (Fsp3) is 0.538. The molecule has 1 aromatic rings. The van der Waals surface area contributed by atoms with Crippen molar-refractivity contribution in [1.82, 2.24) is 5.32 Å². The summed E-state index contributed by atoms with van der Waals surface area (Å²) in [4.78, 5) is 0. The van der Waals surface area contributed by atoms with E-state index in [1.54, 1.807) is 0 Å². The van der Waals surface area contributed by atoms with E-state index in [4.69, 9.17) is 5.73 Å². The van der Waals surface area contributed by atoms with Crippen molar-refractivity contribution in [2.75, 3.05) is 13.1 Å². The molecule has 0 atom stereocenters. The first-order chi connectivity index (χ1) is 8.15. The van der Waals surface area contributed by atoms with Crippen LogP contribution in [-0.4, -0.2) is 13.1 Å². The molecule has 0 radical (unpaired) electrons. The average molecular weight is 240 g/mol. The highest BCUT2D eigenvalue weighted by Gasteiger charge is 2.34. The van der Waals surface area contributed by atoms with Crippen LogP contribution in [0, 0.1) is 17.0 Å². The molecule has 1 fully saturated rings. The highest BCUT2D eigenvalue weighted by Crippen LogP contribution is 2.39. The largest absolute Gasteiger partial charge is 0.330 e. The molecule has 0 aliphatic heterocycles. The molecular formula is C13H18F2N2. The predicted molar refractivity (Wildman–Crippen MR) is 63.4 cm³/mol. The number of nitrogens with one attached hydrogen (secondary N) is 1. The molecule has 1 aliphatic carbocycles. The van der Waals surface area contributed by atoms with Crippen LogP contribution in [0.2, 0.25) is 0 Å². The maximum absolute atomic E-state index is 13.3. The number of halogens is 2. The van der Waals surface area contributed by atoms with Gasteiger partial charge in [0.15, 0.2) is 0 Å². The second-order valence-electron chi connectivity index (χ2n) is 4.90. The van der Waals surface area contributed by atoms with Gasteiger partial charge >= 0.3 is 0 Å². The van der Waals surface area contributed by atoms with Crippen molar-refractivity contribution >= 4 is 0 Å². The summed E-state index contributed by atoms with van der Waals surface area (Å²) in [6, 6.07) is 3.53. The molecule has 0 heterocycles. The summed E-state index contributed by atoms with van der Waals surface area (Å²) in [5.74, 6) is -0.769. The molecule has 94 valence electrons. The van der Waals surface area contributed by atoms with Gasteiger partial charge in [0.25, 0.3) is 0 Å². The molecule has 2 rings (SSSR count). The maximum atomic E-state index is 13.3. The van der Waals surface area contributed by atoms with Gasteiger partial charge in [-0.3, -0.25) is 0 Å². The summed E-state index contributed by atoms with van der Waals surface area (Å²) in [5.41, 5.74) is 6.28. The summed E-state index contributed by atoms with van der Waals surface area (Å²) in [6.07, 6.45) is 3.47. The standard InChI is InChI=1S/C13H18F2N2/c14-11-2-3-12(15)10(6-11)7-17-9-13(8-16)4-1-5-13/h2-3,6,17H,1,4-5,7-9,16H2. The molecule has 17 heavy (non-hydrogen) atoms. The fourth-order valence-electron chi connectivity index (χ4n) is 2.27. The van der Waals surface area contributed by atoms with E-state index in [1.807, 2.05) is 0 Å². The topological polar surface area (TPSA) is 38.0 Å². The van der Waals surface area contributed by atoms with Crippen molar-refractivity contribution in [2.24, 2.45) is 11.1 Å². The van der Waals surface area contributed by atoms with Gasteiger partial charge in [0, 0.05) is 18.7 Å². The highest BCUT2D eigenvalue weighted by atomic mass is 19.1. The Morgan fingerprint density at radius 3 is 2.65 bits per heavy atom. The molecule has 3 N–H and O–H groups in total. The Bertz CT molecular complexity index is 383. The van der Waals surface area contributed by atoms with Crippen LogP contribution in [0.4, 0.5) is 8.78 Å². The van der Waals surface area contributed by atoms with Crippen LogP contribution in [-0.2, 0) is 6.54 Å². The molecular weight excluding hydrogens is 222 g/mol. The van der Waals surface area contributed by atoms with Crippen molar-refractivity contribution in [3.8, 4) is 0 Å². The third-order valence-electron chi connectivity index (χ3n) is 3.67. The number of rotatable bonds is 5. The predicted octanol–water partition coefficient (Wildman–Crippen LogP) is 2.18. The first-order valence-corrected chi connectivity index (χ1v) is 6.00. The molecule has 0 spiro atoms. The maximum Gasteiger partial charge on any atom is 0.127 e. The van der Waals surface area contributed by atoms with E-state index in [-0.39, 0.29) is 11.2 Å². The Balaban J connectivity index is 1.87. The molecule has 1 aromatic carbocycles. The number of hydrogen-bond donors (Lipinski definition) is 2. The third-order valence-corrected chi connectivity index (χ3v) is 3.67. The van der Waals surface area contributed by atoms with Crippen LogP contribution >= 0.6 is 0 Å². The third kappa shape index (κ3) is 2.82. The lowest BCUT2D eigenvalue weighted by atomic mass is 9.69. The van der Waals surface area contributed by atoms with Gasteiger partial charge in [-0.15, -0.1) is 0 Å². The molecule has 0 unspecified atom stereocenters. The Morgan fingerprint density at radius 2 is 2.06 bits per heavy atom. The molecule has 1 saturated carbocycles. The Labute approximate surface area is 100 Å². The zero-order valence-electron chi connectivity index (χ0n) is 9.81. The van der Waals surface area contributed by atoms with Gasteiger partial charge in [-0.2, -0.15) is 0 Å². The van der Waals surface area contributed by atoms with E-state index in [0.29, 0.717) is 18.7 Å². The van der Waals surface area contributed by atoms with Gasteiger partial charge in [-0.05, 0) is 43.0 Å². The van der Waals surface area contributed by atoms with Gasteiger partial charge in [0.2, 0.25) is 0 Å². The lowest BCUT2D eigenvalue weighted by Gasteiger charge is -2.41. The lowest BCUT2D eigenvalue weighted by molar-refractivity contribution is 0.140. The van der Waals surface area contributed by atoms with Crippen LogP contribution in [0.5, 0.6) is 0 Å². The van der Waals surface area contributed by atoms with Gasteiger partial charge < -0.3 is 11.1 Å². The zero-order chi connectivity index (χ0) is 12.3. The normalized spacial score (nSPS) is 17.8. The molecule has 0 bridgehead atoms. The smallest absolute Gasteiger partial charge is 0.127 e. The number of benzene rings is 1. The summed E-state index contributed by atoms with van der Waals surface area (Å²) >= 11 is 0. The van der Waals surface area contributed by atoms with Crippen molar-refractivity contribution in [1.29, 1.82) is 0 Å². The Morgan fingerprint density at radius 1 is 1.29 bits per heavy atom. The second-order valence-corrected chi connectivity index (χ2v) is 4.90. The van der Waals surface area contributed by atoms with Gasteiger partial charge in [-0.1, -0.05) is 6.42 Å². The van der Waals surface area contributed by atoms with Crippen molar-refractivity contribution < 1.29 is 8.78 Å². The number of nitrogens with two attached hydrogens (primary N) is 1. The minimum absolute atomic E-state index is 0.184. The van der Waals surface area contributed by atoms with Crippen LogP contribution in [0.25, 0.3) is 0 Å². The number of hydrogen-bond acceptors (Lipinski definition) is 2. The quantitative estimate of drug-likeness (QED) is 0.828. The highest BCUT2D eigenvalue weighted by molar-refractivity contribution is 5.18. The summed E-state index contributed by atoms with van der Waals surface area (Å²) in [7, 11) is 0. The molecule has 0 saturated heterocycles. The Kier molecular flexibility index (Phi) is 3.74. The van der Waals surface area contributed by atoms with E-state index in [0.717, 1.165) is 31.5 Å². The summed E-state index contributed by atoms with van der Waals surface area (Å²) in [6.45, 7) is 1.79. The van der Waals surface area contributed by atoms with Gasteiger partial charge in [0.1, 0.15) is 11.6 Å². The molecule has 4 heteroatoms. The van der Waals surface area contributed by atoms with Gasteiger partial charge in [0.05, 0.1) is 0 Å². The monoisotopic (exact) mass is 240 g/mol. The summed E-state index contributed by atoms with van der Waals surface area (Å²) < 4.78 is 26.3. The fourth-order valence-corrected chi connectivity index (χ4v) is 2.27. The first-order valence-electron chi connectivity index (χ1n) is 6.00. The van der Waals surface area contributed by atoms with Crippen molar-refractivity contribution in [3.05, 3.63) is 35.4 Å². The van der Waals surface area contributed by atoms with E-state index < -0.39 is 5.82 Å². The van der Waals surface area contributed by atoms with Crippen LogP contribution in [0.1, 0.15) is 24.8 Å². The zero-order valence-corrected chi connectivity index (χ0v) is 9.81. The van der Waals surface area contributed by atoms with E-state index in [2.05, 4.69) is 5.32 Å². The van der Waals surface area contributed by atoms with Crippen LogP contribution in [0.15, 0.2) is 18.2 Å². The van der Waals surface area contributed by atoms with Crippen molar-refractivity contribution in [3.63, 3.8) is 0 Å². The van der Waals surface area contributed by atoms with E-state index in [9.17, 15) is 8.78 Å². The molecule has 0 amide bonds. The molecule has 1 aliphatic rings. The Hall–Kier alpha value is -1.00. The molecule has 0 aromatic heterocycles. The second kappa shape index (κ2) is 5.10. The summed E-state index contributed by atoms with van der Waals surface area (Å²) in [5, 5.41) is 3.18. The minimum Gasteiger partial charge on any atom is -0.330 e. The molecule has 2 nitrogen and oxygen atoms in total. The van der Waals surface area contributed by atoms with E-state index in [1.165, 1.54) is 12.5 Å². The first kappa shape index (κ1) is 12.5.